The van der Waals surface area contributed by atoms with Crippen LogP contribution in [0.15, 0.2) is 85.1 Å². The Morgan fingerprint density at radius 2 is 1.75 bits per heavy atom. The summed E-state index contributed by atoms with van der Waals surface area (Å²) in [5.41, 5.74) is 6.14. The number of hydrogen-bond acceptors (Lipinski definition) is 6. The molecule has 3 aliphatic carbocycles. The van der Waals surface area contributed by atoms with E-state index in [0.717, 1.165) is 81.6 Å². The van der Waals surface area contributed by atoms with Crippen molar-refractivity contribution in [3.05, 3.63) is 118 Å². The molecule has 1 saturated carbocycles. The van der Waals surface area contributed by atoms with Crippen LogP contribution in [0.2, 0.25) is 5.02 Å². The highest BCUT2D eigenvalue weighted by molar-refractivity contribution is 6.30. The highest BCUT2D eigenvalue weighted by atomic mass is 35.5. The summed E-state index contributed by atoms with van der Waals surface area (Å²) in [5, 5.41) is 18.4. The van der Waals surface area contributed by atoms with Crippen LogP contribution in [0.1, 0.15) is 112 Å². The van der Waals surface area contributed by atoms with Gasteiger partial charge in [-0.3, -0.25) is 4.98 Å². The third kappa shape index (κ3) is 9.80. The Morgan fingerprint density at radius 3 is 2.54 bits per heavy atom. The minimum absolute atomic E-state index is 0.141. The van der Waals surface area contributed by atoms with Crippen LogP contribution in [0.3, 0.4) is 0 Å². The van der Waals surface area contributed by atoms with Gasteiger partial charge < -0.3 is 25.2 Å². The van der Waals surface area contributed by atoms with Gasteiger partial charge in [0.05, 0.1) is 13.2 Å². The lowest BCUT2D eigenvalue weighted by Crippen LogP contribution is -2.53. The summed E-state index contributed by atoms with van der Waals surface area (Å²) < 4.78 is 13.1. The molecule has 304 valence electrons. The van der Waals surface area contributed by atoms with E-state index < -0.39 is 11.5 Å². The summed E-state index contributed by atoms with van der Waals surface area (Å²) in [5.74, 6) is 2.68. The molecule has 3 aromatic carbocycles. The second kappa shape index (κ2) is 18.7. The molecule has 0 saturated heterocycles. The number of rotatable bonds is 18. The summed E-state index contributed by atoms with van der Waals surface area (Å²) in [7, 11) is 0. The molecule has 1 unspecified atom stereocenters. The van der Waals surface area contributed by atoms with E-state index in [2.05, 4.69) is 84.9 Å². The maximum absolute atomic E-state index is 13.1. The van der Waals surface area contributed by atoms with E-state index in [4.69, 9.17) is 21.1 Å². The van der Waals surface area contributed by atoms with Crippen LogP contribution >= 0.6 is 11.6 Å². The van der Waals surface area contributed by atoms with Crippen LogP contribution in [0.25, 0.3) is 0 Å². The highest BCUT2D eigenvalue weighted by Crippen LogP contribution is 2.57. The number of benzene rings is 3. The van der Waals surface area contributed by atoms with Gasteiger partial charge in [-0.05, 0) is 172 Å². The van der Waals surface area contributed by atoms with E-state index in [0.29, 0.717) is 54.7 Å². The number of aromatic nitrogens is 1. The average molecular weight is 793 g/mol. The number of aryl methyl sites for hydroxylation is 2. The standard InChI is InChI=1S/C49H62ClN3O4/c1-34(19-26-51-25-9-13-37-11-5-4-6-12-37)32-56-42-18-17-38-29-39(28-35(2)33-57-45-20-27-52-44-16-7-10-36(3)46(44)45)48(43(38)31-42)21-23-49(24-22-48,47(54)55)53-41-15-8-14-40(50)30-41/h4-6,8,11-12,14-15,17-18,20,27,30-31,34-36,39,51,53H,7,9-10,13,16,19,21-26,28-29,32-33H2,1-3H3,(H,54,55)/t34-,35-,36-,39?,48?,49?/m1/s1. The van der Waals surface area contributed by atoms with Gasteiger partial charge in [0.25, 0.3) is 0 Å². The normalized spacial score (nSPS) is 23.6. The number of halogens is 1. The maximum atomic E-state index is 13.1. The molecule has 1 spiro atoms. The van der Waals surface area contributed by atoms with E-state index in [1.807, 2.05) is 36.5 Å². The van der Waals surface area contributed by atoms with E-state index in [1.165, 1.54) is 40.8 Å². The molecule has 3 aliphatic rings. The summed E-state index contributed by atoms with van der Waals surface area (Å²) in [6.07, 6.45) is 13.2. The number of fused-ring (bicyclic) bond motifs is 3. The molecule has 1 heterocycles. The molecule has 0 aliphatic heterocycles. The minimum atomic E-state index is -1.06. The van der Waals surface area contributed by atoms with Crippen molar-refractivity contribution in [2.24, 2.45) is 17.8 Å². The first-order chi connectivity index (χ1) is 27.6. The lowest BCUT2D eigenvalue weighted by atomic mass is 9.59. The first kappa shape index (κ1) is 41.1. The number of carbonyl (C=O) groups is 1. The SMILES string of the molecule is C[C@H](CCNCCCc1ccccc1)COc1ccc2c(c1)C1(CCC(Nc3cccc(Cl)c3)(C(=O)O)CC1)C(C[C@@H](C)COc1ccnc3c1[C@H](C)CCC3)C2. The largest absolute Gasteiger partial charge is 0.493 e. The number of anilines is 1. The fourth-order valence-corrected chi connectivity index (χ4v) is 10.2. The number of nitrogens with one attached hydrogen (secondary N) is 2. The Bertz CT molecular complexity index is 1940. The smallest absolute Gasteiger partial charge is 0.329 e. The minimum Gasteiger partial charge on any atom is -0.493 e. The number of ether oxygens (including phenoxy) is 2. The summed E-state index contributed by atoms with van der Waals surface area (Å²) in [6, 6.07) is 26.9. The van der Waals surface area contributed by atoms with Crippen LogP contribution < -0.4 is 20.1 Å². The molecular formula is C49H62ClN3O4. The number of nitrogens with zero attached hydrogens (tertiary/aromatic N) is 1. The molecule has 3 N–H and O–H groups in total. The third-order valence-corrected chi connectivity index (χ3v) is 13.5. The second-order valence-corrected chi connectivity index (χ2v) is 18.0. The van der Waals surface area contributed by atoms with Crippen LogP contribution in [0.4, 0.5) is 5.69 Å². The van der Waals surface area contributed by atoms with Crippen LogP contribution in [0, 0.1) is 17.8 Å². The topological polar surface area (TPSA) is 92.7 Å². The Morgan fingerprint density at radius 1 is 0.947 bits per heavy atom. The van der Waals surface area contributed by atoms with Crippen LogP contribution in [-0.4, -0.2) is 47.9 Å². The predicted octanol–water partition coefficient (Wildman–Crippen LogP) is 10.8. The van der Waals surface area contributed by atoms with Gasteiger partial charge in [-0.1, -0.05) is 74.8 Å². The quantitative estimate of drug-likeness (QED) is 0.0864. The molecular weight excluding hydrogens is 730 g/mol. The fourth-order valence-electron chi connectivity index (χ4n) is 10.0. The van der Waals surface area contributed by atoms with E-state index >= 15 is 0 Å². The zero-order chi connectivity index (χ0) is 39.8. The third-order valence-electron chi connectivity index (χ3n) is 13.3. The monoisotopic (exact) mass is 791 g/mol. The van der Waals surface area contributed by atoms with Gasteiger partial charge >= 0.3 is 5.97 Å². The molecule has 0 bridgehead atoms. The van der Waals surface area contributed by atoms with E-state index in [9.17, 15) is 9.90 Å². The zero-order valence-electron chi connectivity index (χ0n) is 34.2. The first-order valence-electron chi connectivity index (χ1n) is 21.5. The van der Waals surface area contributed by atoms with Crippen molar-refractivity contribution in [2.75, 3.05) is 31.6 Å². The lowest BCUT2D eigenvalue weighted by Gasteiger charge is -2.47. The van der Waals surface area contributed by atoms with E-state index in [1.54, 1.807) is 0 Å². The number of carboxylic acid groups (broad SMARTS) is 1. The van der Waals surface area contributed by atoms with Crippen molar-refractivity contribution in [1.29, 1.82) is 0 Å². The van der Waals surface area contributed by atoms with Gasteiger partial charge in [-0.25, -0.2) is 4.79 Å². The molecule has 4 aromatic rings. The Hall–Kier alpha value is -4.07. The van der Waals surface area contributed by atoms with Gasteiger partial charge in [-0.2, -0.15) is 0 Å². The maximum Gasteiger partial charge on any atom is 0.329 e. The number of aliphatic carboxylic acids is 1. The average Bonchev–Trinajstić information content (AvgIpc) is 3.49. The fraction of sp³-hybridized carbons (Fsp3) is 0.510. The van der Waals surface area contributed by atoms with E-state index in [-0.39, 0.29) is 5.41 Å². The molecule has 7 rings (SSSR count). The molecule has 4 atom stereocenters. The Balaban J connectivity index is 1.02. The van der Waals surface area contributed by atoms with Crippen molar-refractivity contribution in [3.8, 4) is 11.5 Å². The molecule has 7 nitrogen and oxygen atoms in total. The Labute approximate surface area is 345 Å². The second-order valence-electron chi connectivity index (χ2n) is 17.6. The molecule has 1 aromatic heterocycles. The summed E-state index contributed by atoms with van der Waals surface area (Å²) in [6.45, 7) is 10.2. The van der Waals surface area contributed by atoms with Gasteiger partial charge in [-0.15, -0.1) is 0 Å². The summed E-state index contributed by atoms with van der Waals surface area (Å²) >= 11 is 6.32. The van der Waals surface area contributed by atoms with Gasteiger partial charge in [0.1, 0.15) is 17.0 Å². The van der Waals surface area contributed by atoms with Crippen molar-refractivity contribution in [2.45, 2.75) is 115 Å². The van der Waals surface area contributed by atoms with Gasteiger partial charge in [0, 0.05) is 28.2 Å². The number of carboxylic acids is 1. The zero-order valence-corrected chi connectivity index (χ0v) is 35.0. The lowest BCUT2D eigenvalue weighted by molar-refractivity contribution is -0.144. The molecule has 57 heavy (non-hydrogen) atoms. The van der Waals surface area contributed by atoms with Crippen LogP contribution in [0.5, 0.6) is 11.5 Å². The van der Waals surface area contributed by atoms with Crippen molar-refractivity contribution >= 4 is 23.3 Å². The molecule has 1 fully saturated rings. The summed E-state index contributed by atoms with van der Waals surface area (Å²) in [4.78, 5) is 17.8. The van der Waals surface area contributed by atoms with Gasteiger partial charge in [0.15, 0.2) is 0 Å². The number of hydrogen-bond donors (Lipinski definition) is 3. The molecule has 0 radical (unpaired) electrons. The van der Waals surface area contributed by atoms with Crippen molar-refractivity contribution in [3.63, 3.8) is 0 Å². The molecule has 0 amide bonds. The van der Waals surface area contributed by atoms with Gasteiger partial charge in [0.2, 0.25) is 0 Å². The van der Waals surface area contributed by atoms with Crippen molar-refractivity contribution < 1.29 is 19.4 Å². The first-order valence-corrected chi connectivity index (χ1v) is 21.9. The Kier molecular flexibility index (Phi) is 13.5. The number of pyridine rings is 1. The highest BCUT2D eigenvalue weighted by Gasteiger charge is 2.54. The molecule has 8 heteroatoms. The van der Waals surface area contributed by atoms with Crippen molar-refractivity contribution in [1.82, 2.24) is 10.3 Å². The predicted molar refractivity (Wildman–Crippen MR) is 231 cm³/mol. The van der Waals surface area contributed by atoms with Crippen LogP contribution in [-0.2, 0) is 29.5 Å².